The van der Waals surface area contributed by atoms with Gasteiger partial charge in [0.05, 0.1) is 9.82 Å². The molecule has 0 spiro atoms. The van der Waals surface area contributed by atoms with Crippen molar-refractivity contribution in [1.82, 2.24) is 4.98 Å². The number of pyridine rings is 1. The van der Waals surface area contributed by atoms with Gasteiger partial charge in [-0.05, 0) is 19.1 Å². The number of nitrogens with two attached hydrogens (primary N) is 1. The molecule has 0 amide bonds. The zero-order valence-corrected chi connectivity index (χ0v) is 11.3. The molecule has 0 aliphatic rings. The minimum absolute atomic E-state index is 0.283. The molecule has 0 fully saturated rings. The van der Waals surface area contributed by atoms with E-state index < -0.39 is 14.9 Å². The summed E-state index contributed by atoms with van der Waals surface area (Å²) in [5, 5.41) is 15.9. The van der Waals surface area contributed by atoms with Crippen LogP contribution in [0.2, 0.25) is 0 Å². The Morgan fingerprint density at radius 3 is 2.45 bits per heavy atom. The predicted octanol–water partition coefficient (Wildman–Crippen LogP) is 1.61. The number of aromatic nitrogens is 1. The molecule has 0 saturated carbocycles. The largest absolute Gasteiger partial charge is 0.270 e. The van der Waals surface area contributed by atoms with Gasteiger partial charge in [-0.3, -0.25) is 15.1 Å². The second kappa shape index (κ2) is 4.99. The van der Waals surface area contributed by atoms with Crippen LogP contribution in [0.4, 0.5) is 5.69 Å². The number of primary sulfonamides is 1. The van der Waals surface area contributed by atoms with E-state index in [-0.39, 0.29) is 16.1 Å². The minimum atomic E-state index is -4.08. The quantitative estimate of drug-likeness (QED) is 0.681. The average molecular weight is 293 g/mol. The molecule has 0 aliphatic heterocycles. The van der Waals surface area contributed by atoms with E-state index in [1.165, 1.54) is 18.3 Å². The highest BCUT2D eigenvalue weighted by molar-refractivity contribution is 7.89. The average Bonchev–Trinajstić information content (AvgIpc) is 2.38. The third kappa shape index (κ3) is 2.81. The minimum Gasteiger partial charge on any atom is -0.261 e. The fourth-order valence-corrected chi connectivity index (χ4v) is 2.50. The first-order valence-electron chi connectivity index (χ1n) is 5.53. The molecule has 20 heavy (non-hydrogen) atoms. The normalized spacial score (nSPS) is 11.3. The monoisotopic (exact) mass is 293 g/mol. The molecule has 8 heteroatoms. The van der Waals surface area contributed by atoms with E-state index in [0.29, 0.717) is 5.56 Å². The fourth-order valence-electron chi connectivity index (χ4n) is 1.73. The smallest absolute Gasteiger partial charge is 0.261 e. The van der Waals surface area contributed by atoms with Gasteiger partial charge in [0.2, 0.25) is 10.0 Å². The maximum Gasteiger partial charge on any atom is 0.270 e. The van der Waals surface area contributed by atoms with Crippen molar-refractivity contribution < 1.29 is 13.3 Å². The SMILES string of the molecule is Cc1ccc(-c2ccc([N+](=O)[O-])cc2S(N)(=O)=O)cn1. The topological polar surface area (TPSA) is 116 Å². The number of nitro benzene ring substituents is 1. The summed E-state index contributed by atoms with van der Waals surface area (Å²) in [4.78, 5) is 13.8. The highest BCUT2D eigenvalue weighted by Crippen LogP contribution is 2.29. The van der Waals surface area contributed by atoms with Crippen molar-refractivity contribution in [1.29, 1.82) is 0 Å². The molecule has 0 saturated heterocycles. The molecule has 0 radical (unpaired) electrons. The molecule has 0 unspecified atom stereocenters. The lowest BCUT2D eigenvalue weighted by Crippen LogP contribution is -2.13. The first-order valence-corrected chi connectivity index (χ1v) is 7.08. The fraction of sp³-hybridized carbons (Fsp3) is 0.0833. The molecule has 2 aromatic rings. The second-order valence-corrected chi connectivity index (χ2v) is 5.70. The van der Waals surface area contributed by atoms with Crippen molar-refractivity contribution in [2.75, 3.05) is 0 Å². The van der Waals surface area contributed by atoms with Crippen LogP contribution in [0, 0.1) is 17.0 Å². The number of nitrogens with zero attached hydrogens (tertiary/aromatic N) is 2. The Bertz CT molecular complexity index is 770. The summed E-state index contributed by atoms with van der Waals surface area (Å²) in [7, 11) is -4.08. The molecule has 1 aromatic heterocycles. The van der Waals surface area contributed by atoms with Crippen LogP contribution in [0.25, 0.3) is 11.1 Å². The Labute approximate surface area is 115 Å². The number of nitro groups is 1. The van der Waals surface area contributed by atoms with Crippen LogP contribution in [0.3, 0.4) is 0 Å². The van der Waals surface area contributed by atoms with Gasteiger partial charge in [0, 0.05) is 35.2 Å². The van der Waals surface area contributed by atoms with E-state index >= 15 is 0 Å². The van der Waals surface area contributed by atoms with Crippen LogP contribution < -0.4 is 5.14 Å². The molecule has 104 valence electrons. The highest BCUT2D eigenvalue weighted by Gasteiger charge is 2.19. The summed E-state index contributed by atoms with van der Waals surface area (Å²) in [6.45, 7) is 1.79. The third-order valence-corrected chi connectivity index (χ3v) is 3.66. The Morgan fingerprint density at radius 1 is 1.25 bits per heavy atom. The van der Waals surface area contributed by atoms with Gasteiger partial charge in [-0.25, -0.2) is 13.6 Å². The van der Waals surface area contributed by atoms with Gasteiger partial charge in [-0.15, -0.1) is 0 Å². The van der Waals surface area contributed by atoms with Gasteiger partial charge < -0.3 is 0 Å². The summed E-state index contributed by atoms with van der Waals surface area (Å²) in [5.41, 5.74) is 1.24. The van der Waals surface area contributed by atoms with E-state index in [4.69, 9.17) is 5.14 Å². The molecule has 2 rings (SSSR count). The van der Waals surface area contributed by atoms with Gasteiger partial charge in [0.1, 0.15) is 0 Å². The summed E-state index contributed by atoms with van der Waals surface area (Å²) in [6, 6.07) is 6.92. The Hall–Kier alpha value is -2.32. The first-order chi connectivity index (χ1) is 9.29. The van der Waals surface area contributed by atoms with Crippen molar-refractivity contribution in [3.8, 4) is 11.1 Å². The molecule has 0 atom stereocenters. The van der Waals surface area contributed by atoms with Crippen LogP contribution in [0.1, 0.15) is 5.69 Å². The van der Waals surface area contributed by atoms with E-state index in [9.17, 15) is 18.5 Å². The summed E-state index contributed by atoms with van der Waals surface area (Å²) in [6.07, 6.45) is 1.49. The first kappa shape index (κ1) is 14.1. The van der Waals surface area contributed by atoms with Gasteiger partial charge in [0.25, 0.3) is 5.69 Å². The van der Waals surface area contributed by atoms with E-state index in [1.54, 1.807) is 19.1 Å². The Kier molecular flexibility index (Phi) is 3.51. The molecule has 1 heterocycles. The van der Waals surface area contributed by atoms with E-state index in [0.717, 1.165) is 11.8 Å². The standard InChI is InChI=1S/C12H11N3O4S/c1-8-2-3-9(7-14-8)11-5-4-10(15(16)17)6-12(11)20(13,18)19/h2-7H,1H3,(H2,13,18,19). The molecule has 0 aliphatic carbocycles. The molecule has 0 bridgehead atoms. The van der Waals surface area contributed by atoms with Crippen molar-refractivity contribution in [3.63, 3.8) is 0 Å². The van der Waals surface area contributed by atoms with Crippen LogP contribution in [0.15, 0.2) is 41.4 Å². The van der Waals surface area contributed by atoms with Crippen LogP contribution in [0.5, 0.6) is 0 Å². The number of hydrogen-bond acceptors (Lipinski definition) is 5. The molecular formula is C12H11N3O4S. The number of rotatable bonds is 3. The third-order valence-electron chi connectivity index (χ3n) is 2.70. The number of sulfonamides is 1. The van der Waals surface area contributed by atoms with Crippen molar-refractivity contribution in [2.24, 2.45) is 5.14 Å². The van der Waals surface area contributed by atoms with Crippen LogP contribution in [-0.4, -0.2) is 18.3 Å². The Balaban J connectivity index is 2.70. The second-order valence-electron chi connectivity index (χ2n) is 4.17. The number of hydrogen-bond donors (Lipinski definition) is 1. The zero-order valence-electron chi connectivity index (χ0n) is 10.5. The van der Waals surface area contributed by atoms with E-state index in [2.05, 4.69) is 4.98 Å². The molecular weight excluding hydrogens is 282 g/mol. The lowest BCUT2D eigenvalue weighted by molar-refractivity contribution is -0.385. The molecule has 1 aromatic carbocycles. The van der Waals surface area contributed by atoms with Crippen molar-refractivity contribution >= 4 is 15.7 Å². The summed E-state index contributed by atoms with van der Waals surface area (Å²) in [5.74, 6) is 0. The molecule has 7 nitrogen and oxygen atoms in total. The lowest BCUT2D eigenvalue weighted by Gasteiger charge is -2.07. The number of aryl methyl sites for hydroxylation is 1. The van der Waals surface area contributed by atoms with Gasteiger partial charge in [0.15, 0.2) is 0 Å². The van der Waals surface area contributed by atoms with Crippen molar-refractivity contribution in [3.05, 3.63) is 52.3 Å². The number of benzene rings is 1. The number of non-ortho nitro benzene ring substituents is 1. The highest BCUT2D eigenvalue weighted by atomic mass is 32.2. The van der Waals surface area contributed by atoms with E-state index in [1.807, 2.05) is 0 Å². The van der Waals surface area contributed by atoms with Gasteiger partial charge in [-0.1, -0.05) is 6.07 Å². The van der Waals surface area contributed by atoms with Crippen LogP contribution in [-0.2, 0) is 10.0 Å². The lowest BCUT2D eigenvalue weighted by atomic mass is 10.1. The predicted molar refractivity (Wildman–Crippen MR) is 72.4 cm³/mol. The maximum atomic E-state index is 11.6. The maximum absolute atomic E-state index is 11.6. The molecule has 2 N–H and O–H groups in total. The van der Waals surface area contributed by atoms with Crippen LogP contribution >= 0.6 is 0 Å². The Morgan fingerprint density at radius 2 is 1.95 bits per heavy atom. The van der Waals surface area contributed by atoms with Crippen molar-refractivity contribution in [2.45, 2.75) is 11.8 Å². The van der Waals surface area contributed by atoms with Gasteiger partial charge >= 0.3 is 0 Å². The summed E-state index contributed by atoms with van der Waals surface area (Å²) < 4.78 is 23.2. The summed E-state index contributed by atoms with van der Waals surface area (Å²) >= 11 is 0. The van der Waals surface area contributed by atoms with Gasteiger partial charge in [-0.2, -0.15) is 0 Å². The zero-order chi connectivity index (χ0) is 14.9.